The summed E-state index contributed by atoms with van der Waals surface area (Å²) in [7, 11) is -1.10. The molecule has 0 bridgehead atoms. The van der Waals surface area contributed by atoms with Crippen molar-refractivity contribution in [2.24, 2.45) is 0 Å². The van der Waals surface area contributed by atoms with E-state index < -0.39 is 11.0 Å². The molecular weight excluding hydrogens is 280 g/mol. The highest BCUT2D eigenvalue weighted by atomic mass is 35.5. The summed E-state index contributed by atoms with van der Waals surface area (Å²) < 4.78 is 15.4. The van der Waals surface area contributed by atoms with Crippen LogP contribution >= 0.6 is 11.6 Å². The predicted molar refractivity (Wildman–Crippen MR) is 80.6 cm³/mol. The van der Waals surface area contributed by atoms with Gasteiger partial charge in [0.25, 0.3) is 0 Å². The predicted octanol–water partition coefficient (Wildman–Crippen LogP) is 3.34. The van der Waals surface area contributed by atoms with Crippen LogP contribution in [-0.4, -0.2) is 13.9 Å². The second-order valence-corrected chi connectivity index (χ2v) is 8.69. The van der Waals surface area contributed by atoms with Crippen LogP contribution in [0.15, 0.2) is 12.3 Å². The van der Waals surface area contributed by atoms with Crippen LogP contribution in [-0.2, 0) is 22.9 Å². The van der Waals surface area contributed by atoms with Gasteiger partial charge in [-0.15, -0.1) is 0 Å². The van der Waals surface area contributed by atoms with Crippen LogP contribution in [0, 0.1) is 0 Å². The Bertz CT molecular complexity index is 513. The van der Waals surface area contributed by atoms with Gasteiger partial charge in [-0.05, 0) is 64.2 Å². The number of nitrogens with zero attached hydrogens (tertiary/aromatic N) is 1. The Morgan fingerprint density at radius 3 is 2.79 bits per heavy atom. The van der Waals surface area contributed by atoms with Gasteiger partial charge in [-0.25, -0.2) is 13.9 Å². The largest absolute Gasteiger partial charge is 0.244 e. The highest BCUT2D eigenvalue weighted by Gasteiger charge is 2.36. The monoisotopic (exact) mass is 300 g/mol. The smallest absolute Gasteiger partial charge is 0.129 e. The maximum absolute atomic E-state index is 12.4. The van der Waals surface area contributed by atoms with Crippen molar-refractivity contribution in [2.75, 3.05) is 0 Å². The molecule has 0 radical (unpaired) electrons. The van der Waals surface area contributed by atoms with Crippen molar-refractivity contribution >= 4 is 22.6 Å². The summed E-state index contributed by atoms with van der Waals surface area (Å²) >= 11 is 5.96. The van der Waals surface area contributed by atoms with Crippen LogP contribution in [0.4, 0.5) is 0 Å². The van der Waals surface area contributed by atoms with Gasteiger partial charge in [0.15, 0.2) is 0 Å². The zero-order valence-corrected chi connectivity index (χ0v) is 13.5. The Kier molecular flexibility index (Phi) is 4.05. The van der Waals surface area contributed by atoms with Crippen molar-refractivity contribution in [1.29, 1.82) is 0 Å². The SMILES string of the molecule is CC1(NS(=O)C(C)(C)C)CCCc2cc(Cl)ncc21. The van der Waals surface area contributed by atoms with Crippen LogP contribution in [0.5, 0.6) is 0 Å². The second-order valence-electron chi connectivity index (χ2n) is 6.33. The minimum atomic E-state index is -1.10. The maximum Gasteiger partial charge on any atom is 0.129 e. The maximum atomic E-state index is 12.4. The van der Waals surface area contributed by atoms with Gasteiger partial charge in [0.1, 0.15) is 5.15 Å². The molecule has 0 spiro atoms. The molecular formula is C14H21ClN2OS. The summed E-state index contributed by atoms with van der Waals surface area (Å²) in [4.78, 5) is 4.18. The van der Waals surface area contributed by atoms with Gasteiger partial charge < -0.3 is 0 Å². The molecule has 19 heavy (non-hydrogen) atoms. The third-order valence-corrected chi connectivity index (χ3v) is 5.50. The number of fused-ring (bicyclic) bond motifs is 1. The van der Waals surface area contributed by atoms with Crippen molar-refractivity contribution in [3.63, 3.8) is 0 Å². The fourth-order valence-corrected chi connectivity index (χ4v) is 3.51. The molecule has 1 aromatic rings. The zero-order chi connectivity index (χ0) is 14.3. The molecule has 0 amide bonds. The van der Waals surface area contributed by atoms with Gasteiger partial charge in [-0.3, -0.25) is 0 Å². The summed E-state index contributed by atoms with van der Waals surface area (Å²) in [5.74, 6) is 0. The Morgan fingerprint density at radius 2 is 2.16 bits per heavy atom. The van der Waals surface area contributed by atoms with Crippen molar-refractivity contribution < 1.29 is 4.21 Å². The van der Waals surface area contributed by atoms with E-state index in [1.807, 2.05) is 33.0 Å². The van der Waals surface area contributed by atoms with Crippen molar-refractivity contribution in [3.05, 3.63) is 28.5 Å². The van der Waals surface area contributed by atoms with Gasteiger partial charge >= 0.3 is 0 Å². The number of halogens is 1. The summed E-state index contributed by atoms with van der Waals surface area (Å²) in [6.45, 7) is 8.03. The van der Waals surface area contributed by atoms with Crippen LogP contribution in [0.25, 0.3) is 0 Å². The first-order chi connectivity index (χ1) is 8.72. The lowest BCUT2D eigenvalue weighted by Gasteiger charge is -2.38. The van der Waals surface area contributed by atoms with E-state index in [9.17, 15) is 4.21 Å². The first-order valence-corrected chi connectivity index (χ1v) is 8.10. The highest BCUT2D eigenvalue weighted by Crippen LogP contribution is 2.36. The zero-order valence-electron chi connectivity index (χ0n) is 11.9. The summed E-state index contributed by atoms with van der Waals surface area (Å²) in [6.07, 6.45) is 4.87. The van der Waals surface area contributed by atoms with Gasteiger partial charge in [0.05, 0.1) is 21.3 Å². The molecule has 0 fully saturated rings. The lowest BCUT2D eigenvalue weighted by atomic mass is 9.80. The van der Waals surface area contributed by atoms with Crippen molar-refractivity contribution in [1.82, 2.24) is 9.71 Å². The third kappa shape index (κ3) is 3.18. The molecule has 0 aromatic carbocycles. The molecule has 0 aliphatic heterocycles. The highest BCUT2D eigenvalue weighted by molar-refractivity contribution is 7.84. The van der Waals surface area contributed by atoms with Crippen molar-refractivity contribution in [2.45, 2.75) is 57.2 Å². The minimum Gasteiger partial charge on any atom is -0.244 e. The number of hydrogen-bond acceptors (Lipinski definition) is 2. The summed E-state index contributed by atoms with van der Waals surface area (Å²) in [5.41, 5.74) is 2.05. The molecule has 1 aliphatic rings. The molecule has 1 heterocycles. The van der Waals surface area contributed by atoms with Crippen molar-refractivity contribution in [3.8, 4) is 0 Å². The number of nitrogens with one attached hydrogen (secondary N) is 1. The third-order valence-electron chi connectivity index (χ3n) is 3.55. The Balaban J connectivity index is 2.34. The molecule has 1 aromatic heterocycles. The fraction of sp³-hybridized carbons (Fsp3) is 0.643. The molecule has 0 saturated carbocycles. The van der Waals surface area contributed by atoms with Gasteiger partial charge in [-0.2, -0.15) is 0 Å². The number of pyridine rings is 1. The van der Waals surface area contributed by atoms with E-state index in [0.717, 1.165) is 24.8 Å². The Labute approximate surface area is 122 Å². The molecule has 1 N–H and O–H groups in total. The lowest BCUT2D eigenvalue weighted by Crippen LogP contribution is -2.47. The van der Waals surface area contributed by atoms with Crippen LogP contribution < -0.4 is 4.72 Å². The molecule has 2 unspecified atom stereocenters. The van der Waals surface area contributed by atoms with E-state index in [2.05, 4.69) is 16.6 Å². The van der Waals surface area contributed by atoms with E-state index in [-0.39, 0.29) is 10.3 Å². The number of rotatable bonds is 2. The van der Waals surface area contributed by atoms with E-state index in [1.165, 1.54) is 5.56 Å². The standard InChI is InChI=1S/C14H21ClN2OS/c1-13(2,3)19(18)17-14(4)7-5-6-10-8-12(15)16-9-11(10)14/h8-9,17H,5-7H2,1-4H3. The molecule has 2 atom stereocenters. The summed E-state index contributed by atoms with van der Waals surface area (Å²) in [5, 5.41) is 0.528. The average Bonchev–Trinajstić information content (AvgIpc) is 2.27. The average molecular weight is 301 g/mol. The quantitative estimate of drug-likeness (QED) is 0.851. The van der Waals surface area contributed by atoms with E-state index in [4.69, 9.17) is 11.6 Å². The molecule has 5 heteroatoms. The van der Waals surface area contributed by atoms with Gasteiger partial charge in [-0.1, -0.05) is 11.6 Å². The molecule has 2 rings (SSSR count). The number of aromatic nitrogens is 1. The second kappa shape index (κ2) is 5.15. The topological polar surface area (TPSA) is 42.0 Å². The summed E-state index contributed by atoms with van der Waals surface area (Å²) in [6, 6.07) is 1.93. The number of hydrogen-bond donors (Lipinski definition) is 1. The molecule has 0 saturated heterocycles. The van der Waals surface area contributed by atoms with Crippen LogP contribution in [0.2, 0.25) is 5.15 Å². The molecule has 3 nitrogen and oxygen atoms in total. The van der Waals surface area contributed by atoms with Crippen LogP contribution in [0.3, 0.4) is 0 Å². The molecule has 1 aliphatic carbocycles. The van der Waals surface area contributed by atoms with E-state index >= 15 is 0 Å². The minimum absolute atomic E-state index is 0.277. The van der Waals surface area contributed by atoms with Gasteiger partial charge in [0.2, 0.25) is 0 Å². The Morgan fingerprint density at radius 1 is 1.47 bits per heavy atom. The van der Waals surface area contributed by atoms with Gasteiger partial charge in [0, 0.05) is 6.20 Å². The Hall–Kier alpha value is -0.450. The number of aryl methyl sites for hydroxylation is 1. The molecule has 106 valence electrons. The normalized spacial score (nSPS) is 24.9. The first-order valence-electron chi connectivity index (χ1n) is 6.57. The van der Waals surface area contributed by atoms with E-state index in [0.29, 0.717) is 5.15 Å². The van der Waals surface area contributed by atoms with E-state index in [1.54, 1.807) is 0 Å². The first kappa shape index (κ1) is 14.9. The van der Waals surface area contributed by atoms with Crippen LogP contribution in [0.1, 0.15) is 51.7 Å². The fourth-order valence-electron chi connectivity index (χ4n) is 2.40. The lowest BCUT2D eigenvalue weighted by molar-refractivity contribution is 0.370.